The van der Waals surface area contributed by atoms with Gasteiger partial charge in [-0.05, 0) is 44.2 Å². The lowest BCUT2D eigenvalue weighted by Crippen LogP contribution is -2.48. The van der Waals surface area contributed by atoms with Crippen molar-refractivity contribution in [1.82, 2.24) is 10.6 Å². The van der Waals surface area contributed by atoms with Crippen molar-refractivity contribution >= 4 is 11.8 Å². The first kappa shape index (κ1) is 18.2. The van der Waals surface area contributed by atoms with Gasteiger partial charge in [0.25, 0.3) is 0 Å². The molecule has 1 rings (SSSR count). The number of benzene rings is 1. The summed E-state index contributed by atoms with van der Waals surface area (Å²) in [7, 11) is 0. The SMILES string of the molecule is Cc1ccccc1CNC(=O)C(C)(C)C(=O)NCCC(C)C. The summed E-state index contributed by atoms with van der Waals surface area (Å²) in [5.41, 5.74) is 1.12. The van der Waals surface area contributed by atoms with Gasteiger partial charge in [-0.25, -0.2) is 0 Å². The summed E-state index contributed by atoms with van der Waals surface area (Å²) in [5.74, 6) is 0.0477. The molecule has 0 aromatic heterocycles. The topological polar surface area (TPSA) is 58.2 Å². The van der Waals surface area contributed by atoms with Gasteiger partial charge in [0.05, 0.1) is 0 Å². The second-order valence-corrected chi connectivity index (χ2v) is 6.67. The second-order valence-electron chi connectivity index (χ2n) is 6.67. The van der Waals surface area contributed by atoms with Crippen LogP contribution >= 0.6 is 0 Å². The lowest BCUT2D eigenvalue weighted by Gasteiger charge is -2.23. The van der Waals surface area contributed by atoms with Gasteiger partial charge < -0.3 is 10.6 Å². The van der Waals surface area contributed by atoms with Crippen LogP contribution < -0.4 is 10.6 Å². The van der Waals surface area contributed by atoms with Gasteiger partial charge in [0.2, 0.25) is 11.8 Å². The normalized spacial score (nSPS) is 11.4. The van der Waals surface area contributed by atoms with E-state index in [0.29, 0.717) is 19.0 Å². The van der Waals surface area contributed by atoms with Crippen LogP contribution in [0.1, 0.15) is 45.2 Å². The van der Waals surface area contributed by atoms with Gasteiger partial charge in [-0.2, -0.15) is 0 Å². The van der Waals surface area contributed by atoms with Crippen LogP contribution in [0.2, 0.25) is 0 Å². The number of hydrogen-bond acceptors (Lipinski definition) is 2. The molecule has 0 aliphatic carbocycles. The van der Waals surface area contributed by atoms with Gasteiger partial charge in [0.1, 0.15) is 5.41 Å². The molecule has 2 N–H and O–H groups in total. The first-order valence-electron chi connectivity index (χ1n) is 7.86. The summed E-state index contributed by atoms with van der Waals surface area (Å²) in [6, 6.07) is 7.89. The minimum absolute atomic E-state index is 0.226. The Bertz CT molecular complexity index is 522. The molecule has 1 aromatic carbocycles. The van der Waals surface area contributed by atoms with Crippen LogP contribution in [0.4, 0.5) is 0 Å². The van der Waals surface area contributed by atoms with Crippen molar-refractivity contribution in [3.8, 4) is 0 Å². The molecule has 0 heterocycles. The Morgan fingerprint density at radius 3 is 2.27 bits per heavy atom. The smallest absolute Gasteiger partial charge is 0.235 e. The van der Waals surface area contributed by atoms with E-state index in [-0.39, 0.29) is 11.8 Å². The van der Waals surface area contributed by atoms with E-state index in [1.54, 1.807) is 13.8 Å². The number of rotatable bonds is 7. The quantitative estimate of drug-likeness (QED) is 0.761. The molecule has 0 aliphatic rings. The Balaban J connectivity index is 2.55. The summed E-state index contributed by atoms with van der Waals surface area (Å²) in [6.07, 6.45) is 0.909. The van der Waals surface area contributed by atoms with E-state index in [0.717, 1.165) is 17.5 Å². The van der Waals surface area contributed by atoms with Crippen LogP contribution in [0.25, 0.3) is 0 Å². The van der Waals surface area contributed by atoms with E-state index in [4.69, 9.17) is 0 Å². The van der Waals surface area contributed by atoms with E-state index in [1.807, 2.05) is 31.2 Å². The number of nitrogens with one attached hydrogen (secondary N) is 2. The fraction of sp³-hybridized carbons (Fsp3) is 0.556. The fourth-order valence-corrected chi connectivity index (χ4v) is 2.00. The van der Waals surface area contributed by atoms with Gasteiger partial charge in [-0.3, -0.25) is 9.59 Å². The van der Waals surface area contributed by atoms with Crippen molar-refractivity contribution in [3.05, 3.63) is 35.4 Å². The summed E-state index contributed by atoms with van der Waals surface area (Å²) in [4.78, 5) is 24.5. The first-order chi connectivity index (χ1) is 10.2. The predicted octanol–water partition coefficient (Wildman–Crippen LogP) is 2.80. The van der Waals surface area contributed by atoms with E-state index in [9.17, 15) is 9.59 Å². The fourth-order valence-electron chi connectivity index (χ4n) is 2.00. The van der Waals surface area contributed by atoms with E-state index >= 15 is 0 Å². The van der Waals surface area contributed by atoms with Crippen LogP contribution in [0.5, 0.6) is 0 Å². The summed E-state index contributed by atoms with van der Waals surface area (Å²) >= 11 is 0. The molecule has 0 bridgehead atoms. The highest BCUT2D eigenvalue weighted by molar-refractivity contribution is 6.04. The summed E-state index contributed by atoms with van der Waals surface area (Å²) < 4.78 is 0. The third-order valence-electron chi connectivity index (χ3n) is 3.84. The zero-order chi connectivity index (χ0) is 16.8. The van der Waals surface area contributed by atoms with Gasteiger partial charge in [0.15, 0.2) is 0 Å². The number of carbonyl (C=O) groups excluding carboxylic acids is 2. The molecule has 0 fully saturated rings. The second kappa shape index (κ2) is 7.97. The minimum Gasteiger partial charge on any atom is -0.355 e. The van der Waals surface area contributed by atoms with Crippen LogP contribution in [-0.2, 0) is 16.1 Å². The number of amides is 2. The lowest BCUT2D eigenvalue weighted by molar-refractivity contribution is -0.141. The van der Waals surface area contributed by atoms with Crippen molar-refractivity contribution < 1.29 is 9.59 Å². The van der Waals surface area contributed by atoms with E-state index < -0.39 is 5.41 Å². The lowest BCUT2D eigenvalue weighted by atomic mass is 9.90. The average molecular weight is 304 g/mol. The number of carbonyl (C=O) groups is 2. The van der Waals surface area contributed by atoms with Crippen molar-refractivity contribution in [3.63, 3.8) is 0 Å². The van der Waals surface area contributed by atoms with Gasteiger partial charge >= 0.3 is 0 Å². The standard InChI is InChI=1S/C18H28N2O2/c1-13(2)10-11-19-16(21)18(4,5)17(22)20-12-15-9-7-6-8-14(15)3/h6-9,13H,10-12H2,1-5H3,(H,19,21)(H,20,22). The Morgan fingerprint density at radius 2 is 1.68 bits per heavy atom. The predicted molar refractivity (Wildman–Crippen MR) is 89.3 cm³/mol. The molecule has 4 heteroatoms. The van der Waals surface area contributed by atoms with Crippen molar-refractivity contribution in [2.24, 2.45) is 11.3 Å². The summed E-state index contributed by atoms with van der Waals surface area (Å²) in [6.45, 7) is 10.6. The average Bonchev–Trinajstić information content (AvgIpc) is 2.45. The van der Waals surface area contributed by atoms with Crippen LogP contribution in [0.3, 0.4) is 0 Å². The number of hydrogen-bond donors (Lipinski definition) is 2. The third kappa shape index (κ3) is 5.17. The largest absolute Gasteiger partial charge is 0.355 e. The molecule has 22 heavy (non-hydrogen) atoms. The van der Waals surface area contributed by atoms with Crippen LogP contribution in [0, 0.1) is 18.3 Å². The molecule has 2 amide bonds. The molecule has 1 aromatic rings. The summed E-state index contributed by atoms with van der Waals surface area (Å²) in [5, 5.41) is 5.71. The Morgan fingerprint density at radius 1 is 1.09 bits per heavy atom. The maximum absolute atomic E-state index is 12.3. The van der Waals surface area contributed by atoms with Gasteiger partial charge in [0, 0.05) is 13.1 Å². The Labute approximate surface area is 133 Å². The maximum Gasteiger partial charge on any atom is 0.235 e. The highest BCUT2D eigenvalue weighted by atomic mass is 16.2. The zero-order valence-electron chi connectivity index (χ0n) is 14.3. The van der Waals surface area contributed by atoms with E-state index in [2.05, 4.69) is 24.5 Å². The zero-order valence-corrected chi connectivity index (χ0v) is 14.3. The monoisotopic (exact) mass is 304 g/mol. The Kier molecular flexibility index (Phi) is 6.60. The van der Waals surface area contributed by atoms with Gasteiger partial charge in [-0.1, -0.05) is 38.1 Å². The molecular formula is C18H28N2O2. The van der Waals surface area contributed by atoms with Crippen molar-refractivity contribution in [2.75, 3.05) is 6.54 Å². The Hall–Kier alpha value is -1.84. The molecular weight excluding hydrogens is 276 g/mol. The minimum atomic E-state index is -1.07. The first-order valence-corrected chi connectivity index (χ1v) is 7.86. The highest BCUT2D eigenvalue weighted by Gasteiger charge is 2.35. The van der Waals surface area contributed by atoms with Crippen LogP contribution in [0.15, 0.2) is 24.3 Å². The third-order valence-corrected chi connectivity index (χ3v) is 3.84. The molecule has 0 aliphatic heterocycles. The molecule has 0 spiro atoms. The molecule has 4 nitrogen and oxygen atoms in total. The molecule has 0 saturated heterocycles. The maximum atomic E-state index is 12.3. The molecule has 0 unspecified atom stereocenters. The molecule has 122 valence electrons. The molecule has 0 saturated carbocycles. The van der Waals surface area contributed by atoms with Crippen molar-refractivity contribution in [2.45, 2.75) is 47.6 Å². The molecule has 0 atom stereocenters. The van der Waals surface area contributed by atoms with Crippen LogP contribution in [-0.4, -0.2) is 18.4 Å². The molecule has 0 radical (unpaired) electrons. The van der Waals surface area contributed by atoms with E-state index in [1.165, 1.54) is 0 Å². The number of aryl methyl sites for hydroxylation is 1. The van der Waals surface area contributed by atoms with Crippen molar-refractivity contribution in [1.29, 1.82) is 0 Å². The highest BCUT2D eigenvalue weighted by Crippen LogP contribution is 2.16. The van der Waals surface area contributed by atoms with Gasteiger partial charge in [-0.15, -0.1) is 0 Å².